The van der Waals surface area contributed by atoms with Gasteiger partial charge in [0.1, 0.15) is 6.71 Å². The largest absolute Gasteiger partial charge is 0.144 e. The van der Waals surface area contributed by atoms with Gasteiger partial charge >= 0.3 is 0 Å². The van der Waals surface area contributed by atoms with Crippen molar-refractivity contribution in [2.75, 3.05) is 0 Å². The molecule has 0 aromatic carbocycles. The standard InChI is InChI=1S/C13H19B/c1-3-5-14-9-12-6-11(4-2)7-13(8-12)10-14/h3-4,6,12-13H,1-2,5,7-10H2. The molecular weight excluding hydrogens is 167 g/mol. The van der Waals surface area contributed by atoms with E-state index in [0.29, 0.717) is 0 Å². The summed E-state index contributed by atoms with van der Waals surface area (Å²) < 4.78 is 0. The first kappa shape index (κ1) is 9.83. The molecule has 1 heterocycles. The number of allylic oxidation sites excluding steroid dienone is 4. The lowest BCUT2D eigenvalue weighted by Gasteiger charge is -2.36. The Bertz CT molecular complexity index is 264. The molecule has 2 rings (SSSR count). The van der Waals surface area contributed by atoms with Crippen LogP contribution in [0.5, 0.6) is 0 Å². The molecular formula is C13H19B. The van der Waals surface area contributed by atoms with E-state index < -0.39 is 0 Å². The van der Waals surface area contributed by atoms with Crippen LogP contribution in [-0.4, -0.2) is 6.71 Å². The van der Waals surface area contributed by atoms with E-state index >= 15 is 0 Å². The summed E-state index contributed by atoms with van der Waals surface area (Å²) in [5.74, 6) is 1.76. The molecule has 2 aliphatic rings. The third-order valence-corrected chi connectivity index (χ3v) is 3.68. The second kappa shape index (κ2) is 4.21. The lowest BCUT2D eigenvalue weighted by molar-refractivity contribution is 0.413. The van der Waals surface area contributed by atoms with Crippen LogP contribution in [0.15, 0.2) is 37.0 Å². The molecule has 1 fully saturated rings. The van der Waals surface area contributed by atoms with E-state index in [9.17, 15) is 0 Å². The Morgan fingerprint density at radius 3 is 2.93 bits per heavy atom. The first-order chi connectivity index (χ1) is 6.81. The zero-order chi connectivity index (χ0) is 9.97. The second-order valence-electron chi connectivity index (χ2n) is 4.87. The van der Waals surface area contributed by atoms with Gasteiger partial charge < -0.3 is 0 Å². The summed E-state index contributed by atoms with van der Waals surface area (Å²) in [5, 5.41) is 0. The van der Waals surface area contributed by atoms with Crippen LogP contribution in [0.4, 0.5) is 0 Å². The molecule has 74 valence electrons. The van der Waals surface area contributed by atoms with Crippen LogP contribution in [0.25, 0.3) is 0 Å². The Kier molecular flexibility index (Phi) is 2.95. The van der Waals surface area contributed by atoms with Crippen molar-refractivity contribution in [2.24, 2.45) is 11.8 Å². The lowest BCUT2D eigenvalue weighted by Crippen LogP contribution is -2.30. The molecule has 0 amide bonds. The zero-order valence-electron chi connectivity index (χ0n) is 8.91. The third-order valence-electron chi connectivity index (χ3n) is 3.68. The molecule has 0 radical (unpaired) electrons. The van der Waals surface area contributed by atoms with Crippen molar-refractivity contribution in [1.29, 1.82) is 0 Å². The molecule has 1 aliphatic heterocycles. The van der Waals surface area contributed by atoms with Gasteiger partial charge in [-0.25, -0.2) is 0 Å². The first-order valence-electron chi connectivity index (χ1n) is 5.75. The molecule has 1 aliphatic carbocycles. The highest BCUT2D eigenvalue weighted by molar-refractivity contribution is 6.59. The predicted molar refractivity (Wildman–Crippen MR) is 64.9 cm³/mol. The van der Waals surface area contributed by atoms with E-state index in [-0.39, 0.29) is 0 Å². The topological polar surface area (TPSA) is 0 Å². The molecule has 0 saturated carbocycles. The normalized spacial score (nSPS) is 30.9. The Hall–Kier alpha value is -0.715. The predicted octanol–water partition coefficient (Wildman–Crippen LogP) is 3.82. The molecule has 14 heavy (non-hydrogen) atoms. The van der Waals surface area contributed by atoms with E-state index in [4.69, 9.17) is 0 Å². The molecule has 2 unspecified atom stereocenters. The minimum absolute atomic E-state index is 0.834. The highest BCUT2D eigenvalue weighted by atomic mass is 14.3. The molecule has 0 nitrogen and oxygen atoms in total. The molecule has 2 atom stereocenters. The fraction of sp³-hybridized carbons (Fsp3) is 0.538. The minimum atomic E-state index is 0.834. The summed E-state index contributed by atoms with van der Waals surface area (Å²) in [4.78, 5) is 0. The van der Waals surface area contributed by atoms with Gasteiger partial charge in [0.15, 0.2) is 0 Å². The van der Waals surface area contributed by atoms with Crippen molar-refractivity contribution in [3.8, 4) is 0 Å². The monoisotopic (exact) mass is 186 g/mol. The van der Waals surface area contributed by atoms with Crippen LogP contribution in [0.3, 0.4) is 0 Å². The number of hydrogen-bond acceptors (Lipinski definition) is 0. The van der Waals surface area contributed by atoms with Crippen LogP contribution >= 0.6 is 0 Å². The van der Waals surface area contributed by atoms with Gasteiger partial charge in [0.25, 0.3) is 0 Å². The van der Waals surface area contributed by atoms with Crippen LogP contribution in [0.2, 0.25) is 19.0 Å². The Morgan fingerprint density at radius 1 is 1.43 bits per heavy atom. The zero-order valence-corrected chi connectivity index (χ0v) is 8.91. The van der Waals surface area contributed by atoms with E-state index in [1.54, 1.807) is 0 Å². The summed E-state index contributed by atoms with van der Waals surface area (Å²) in [5.41, 5.74) is 1.49. The molecule has 0 aromatic rings. The Labute approximate surface area is 87.9 Å². The first-order valence-corrected chi connectivity index (χ1v) is 5.75. The smallest absolute Gasteiger partial charge is 0.104 e. The Balaban J connectivity index is 2.05. The van der Waals surface area contributed by atoms with Gasteiger partial charge in [-0.1, -0.05) is 49.3 Å². The maximum atomic E-state index is 3.88. The molecule has 1 saturated heterocycles. The summed E-state index contributed by atoms with van der Waals surface area (Å²) in [6, 6.07) is 0. The van der Waals surface area contributed by atoms with Crippen molar-refractivity contribution in [3.63, 3.8) is 0 Å². The van der Waals surface area contributed by atoms with Crippen LogP contribution in [0.1, 0.15) is 12.8 Å². The molecule has 1 heteroatoms. The summed E-state index contributed by atoms with van der Waals surface area (Å²) in [6.45, 7) is 8.63. The molecule has 0 spiro atoms. The third kappa shape index (κ3) is 2.02. The SMILES string of the molecule is C=CCB1CC2C=C(C=C)CC(C1)C2. The van der Waals surface area contributed by atoms with Gasteiger partial charge in [-0.15, -0.1) is 6.58 Å². The summed E-state index contributed by atoms with van der Waals surface area (Å²) >= 11 is 0. The second-order valence-corrected chi connectivity index (χ2v) is 4.87. The van der Waals surface area contributed by atoms with Gasteiger partial charge in [-0.2, -0.15) is 0 Å². The van der Waals surface area contributed by atoms with Crippen molar-refractivity contribution >= 4 is 6.71 Å². The molecule has 0 aromatic heterocycles. The van der Waals surface area contributed by atoms with E-state index in [1.165, 1.54) is 37.4 Å². The maximum absolute atomic E-state index is 3.88. The van der Waals surface area contributed by atoms with Gasteiger partial charge in [-0.05, 0) is 24.7 Å². The highest BCUT2D eigenvalue weighted by Gasteiger charge is 2.32. The average Bonchev–Trinajstić information content (AvgIpc) is 2.16. The average molecular weight is 186 g/mol. The fourth-order valence-electron chi connectivity index (χ4n) is 3.20. The van der Waals surface area contributed by atoms with Crippen LogP contribution in [0, 0.1) is 11.8 Å². The summed E-state index contributed by atoms with van der Waals surface area (Å²) in [6.07, 6.45) is 13.3. The number of fused-ring (bicyclic) bond motifs is 2. The van der Waals surface area contributed by atoms with Crippen molar-refractivity contribution in [1.82, 2.24) is 0 Å². The van der Waals surface area contributed by atoms with Crippen molar-refractivity contribution in [3.05, 3.63) is 37.0 Å². The van der Waals surface area contributed by atoms with Gasteiger partial charge in [-0.3, -0.25) is 0 Å². The minimum Gasteiger partial charge on any atom is -0.104 e. The van der Waals surface area contributed by atoms with Crippen molar-refractivity contribution in [2.45, 2.75) is 31.8 Å². The maximum Gasteiger partial charge on any atom is 0.144 e. The number of rotatable bonds is 3. The highest BCUT2D eigenvalue weighted by Crippen LogP contribution is 2.40. The fourth-order valence-corrected chi connectivity index (χ4v) is 3.20. The van der Waals surface area contributed by atoms with Gasteiger partial charge in [0, 0.05) is 0 Å². The van der Waals surface area contributed by atoms with Crippen molar-refractivity contribution < 1.29 is 0 Å². The number of hydrogen-bond donors (Lipinski definition) is 0. The lowest BCUT2D eigenvalue weighted by atomic mass is 9.35. The quantitative estimate of drug-likeness (QED) is 0.464. The van der Waals surface area contributed by atoms with Crippen LogP contribution < -0.4 is 0 Å². The molecule has 0 N–H and O–H groups in total. The van der Waals surface area contributed by atoms with Gasteiger partial charge in [0.05, 0.1) is 0 Å². The molecule has 2 bridgehead atoms. The van der Waals surface area contributed by atoms with Crippen LogP contribution in [-0.2, 0) is 0 Å². The van der Waals surface area contributed by atoms with E-state index in [1.807, 2.05) is 6.08 Å². The van der Waals surface area contributed by atoms with E-state index in [2.05, 4.69) is 25.3 Å². The van der Waals surface area contributed by atoms with Gasteiger partial charge in [0.2, 0.25) is 0 Å². The Morgan fingerprint density at radius 2 is 2.29 bits per heavy atom. The van der Waals surface area contributed by atoms with E-state index in [0.717, 1.165) is 18.5 Å². The summed E-state index contributed by atoms with van der Waals surface area (Å²) in [7, 11) is 0.